The normalized spacial score (nSPS) is 24.8. The van der Waals surface area contributed by atoms with E-state index in [0.717, 1.165) is 24.2 Å². The topological polar surface area (TPSA) is 75.6 Å². The molecular formula is C19H25NO4. The first kappa shape index (κ1) is 16.8. The molecule has 3 rings (SSSR count). The number of amides is 1. The summed E-state index contributed by atoms with van der Waals surface area (Å²) in [5, 5.41) is 12.2. The number of carboxylic acids is 1. The van der Waals surface area contributed by atoms with Gasteiger partial charge in [0.15, 0.2) is 0 Å². The van der Waals surface area contributed by atoms with Gasteiger partial charge in [0.2, 0.25) is 5.91 Å². The van der Waals surface area contributed by atoms with E-state index in [1.165, 1.54) is 0 Å². The highest BCUT2D eigenvalue weighted by atomic mass is 16.5. The number of rotatable bonds is 6. The minimum absolute atomic E-state index is 0.0170. The Bertz CT molecular complexity index is 653. The van der Waals surface area contributed by atoms with Gasteiger partial charge in [-0.1, -0.05) is 32.0 Å². The maximum Gasteiger partial charge on any atom is 0.305 e. The van der Waals surface area contributed by atoms with Crippen molar-refractivity contribution in [2.24, 2.45) is 5.92 Å². The highest BCUT2D eigenvalue weighted by molar-refractivity contribution is 5.86. The number of benzene rings is 1. The van der Waals surface area contributed by atoms with Crippen LogP contribution in [-0.2, 0) is 15.0 Å². The lowest BCUT2D eigenvalue weighted by molar-refractivity contribution is -0.139. The SMILES string of the molecule is CCC(CC)(CC(=O)O)NC(=O)[C@@H]1C[C@]12CCOc1ccccc12. The monoisotopic (exact) mass is 331 g/mol. The molecule has 1 amide bonds. The van der Waals surface area contributed by atoms with Crippen LogP contribution in [0.2, 0.25) is 0 Å². The lowest BCUT2D eigenvalue weighted by Crippen LogP contribution is -2.50. The first-order valence-electron chi connectivity index (χ1n) is 8.72. The second-order valence-electron chi connectivity index (χ2n) is 7.05. The Morgan fingerprint density at radius 3 is 2.71 bits per heavy atom. The van der Waals surface area contributed by atoms with Gasteiger partial charge in [0.05, 0.1) is 13.0 Å². The zero-order chi connectivity index (χ0) is 17.4. The summed E-state index contributed by atoms with van der Waals surface area (Å²) in [4.78, 5) is 24.0. The highest BCUT2D eigenvalue weighted by Crippen LogP contribution is 2.60. The summed E-state index contributed by atoms with van der Waals surface area (Å²) < 4.78 is 5.71. The summed E-state index contributed by atoms with van der Waals surface area (Å²) in [6.07, 6.45) is 2.84. The van der Waals surface area contributed by atoms with Gasteiger partial charge in [-0.05, 0) is 31.7 Å². The van der Waals surface area contributed by atoms with E-state index in [1.807, 2.05) is 38.1 Å². The van der Waals surface area contributed by atoms with Gasteiger partial charge >= 0.3 is 5.97 Å². The van der Waals surface area contributed by atoms with Crippen molar-refractivity contribution in [3.05, 3.63) is 29.8 Å². The predicted molar refractivity (Wildman–Crippen MR) is 90.0 cm³/mol. The molecule has 1 fully saturated rings. The number of carbonyl (C=O) groups is 2. The third kappa shape index (κ3) is 2.76. The molecule has 1 aromatic carbocycles. The zero-order valence-electron chi connectivity index (χ0n) is 14.3. The van der Waals surface area contributed by atoms with Crippen LogP contribution in [0.1, 0.15) is 51.5 Å². The fraction of sp³-hybridized carbons (Fsp3) is 0.579. The number of hydrogen-bond acceptors (Lipinski definition) is 3. The van der Waals surface area contributed by atoms with Gasteiger partial charge in [-0.25, -0.2) is 0 Å². The van der Waals surface area contributed by atoms with Crippen molar-refractivity contribution in [3.8, 4) is 5.75 Å². The second kappa shape index (κ2) is 6.11. The number of fused-ring (bicyclic) bond motifs is 2. The van der Waals surface area contributed by atoms with Gasteiger partial charge in [0, 0.05) is 22.4 Å². The Balaban J connectivity index is 1.78. The molecule has 1 spiro atoms. The Hall–Kier alpha value is -2.04. The molecule has 5 heteroatoms. The molecule has 1 aromatic rings. The van der Waals surface area contributed by atoms with E-state index >= 15 is 0 Å². The minimum Gasteiger partial charge on any atom is -0.493 e. The van der Waals surface area contributed by atoms with E-state index in [9.17, 15) is 14.7 Å². The third-order valence-corrected chi connectivity index (χ3v) is 5.85. The number of ether oxygens (including phenoxy) is 1. The van der Waals surface area contributed by atoms with Crippen molar-refractivity contribution < 1.29 is 19.4 Å². The number of para-hydroxylation sites is 1. The van der Waals surface area contributed by atoms with Gasteiger partial charge in [-0.15, -0.1) is 0 Å². The molecule has 1 heterocycles. The molecule has 0 saturated heterocycles. The van der Waals surface area contributed by atoms with Gasteiger partial charge in [0.25, 0.3) is 0 Å². The molecule has 0 radical (unpaired) electrons. The molecule has 1 aliphatic carbocycles. The van der Waals surface area contributed by atoms with Crippen molar-refractivity contribution in [1.82, 2.24) is 5.32 Å². The van der Waals surface area contributed by atoms with Crippen LogP contribution in [0.3, 0.4) is 0 Å². The van der Waals surface area contributed by atoms with E-state index < -0.39 is 11.5 Å². The standard InChI is InChI=1S/C19H25NO4/c1-3-18(4-2,12-16(21)22)20-17(23)14-11-19(14)9-10-24-15-8-6-5-7-13(15)19/h5-8,14H,3-4,9-12H2,1-2H3,(H,20,23)(H,21,22)/t14-,19-/m0/s1. The molecule has 0 bridgehead atoms. The molecular weight excluding hydrogens is 306 g/mol. The zero-order valence-corrected chi connectivity index (χ0v) is 14.3. The fourth-order valence-electron chi connectivity index (χ4n) is 4.06. The molecule has 0 unspecified atom stereocenters. The number of hydrogen-bond donors (Lipinski definition) is 2. The summed E-state index contributed by atoms with van der Waals surface area (Å²) in [7, 11) is 0. The Kier molecular flexibility index (Phi) is 4.28. The van der Waals surface area contributed by atoms with Crippen molar-refractivity contribution in [2.45, 2.75) is 56.9 Å². The molecule has 1 aliphatic heterocycles. The first-order chi connectivity index (χ1) is 11.5. The van der Waals surface area contributed by atoms with Crippen molar-refractivity contribution in [3.63, 3.8) is 0 Å². The maximum atomic E-state index is 12.9. The molecule has 2 atom stereocenters. The van der Waals surface area contributed by atoms with Gasteiger partial charge in [-0.2, -0.15) is 0 Å². The largest absolute Gasteiger partial charge is 0.493 e. The lowest BCUT2D eigenvalue weighted by atomic mass is 9.86. The van der Waals surface area contributed by atoms with Crippen LogP contribution in [0.15, 0.2) is 24.3 Å². The minimum atomic E-state index is -0.874. The quantitative estimate of drug-likeness (QED) is 0.840. The third-order valence-electron chi connectivity index (χ3n) is 5.85. The fourth-order valence-corrected chi connectivity index (χ4v) is 4.06. The van der Waals surface area contributed by atoms with Crippen LogP contribution in [0.4, 0.5) is 0 Å². The van der Waals surface area contributed by atoms with Crippen LogP contribution in [0, 0.1) is 5.92 Å². The van der Waals surface area contributed by atoms with Crippen LogP contribution in [-0.4, -0.2) is 29.1 Å². The summed E-state index contributed by atoms with van der Waals surface area (Å²) >= 11 is 0. The summed E-state index contributed by atoms with van der Waals surface area (Å²) in [6, 6.07) is 7.93. The summed E-state index contributed by atoms with van der Waals surface area (Å²) in [5.74, 6) is -0.103. The number of carbonyl (C=O) groups excluding carboxylic acids is 1. The van der Waals surface area contributed by atoms with E-state index in [4.69, 9.17) is 4.74 Å². The Morgan fingerprint density at radius 1 is 1.33 bits per heavy atom. The molecule has 2 N–H and O–H groups in total. The summed E-state index contributed by atoms with van der Waals surface area (Å²) in [5.41, 5.74) is 0.334. The van der Waals surface area contributed by atoms with Gasteiger partial charge < -0.3 is 15.2 Å². The smallest absolute Gasteiger partial charge is 0.305 e. The van der Waals surface area contributed by atoms with Gasteiger partial charge in [-0.3, -0.25) is 9.59 Å². The van der Waals surface area contributed by atoms with Crippen molar-refractivity contribution in [1.29, 1.82) is 0 Å². The Morgan fingerprint density at radius 2 is 2.04 bits per heavy atom. The maximum absolute atomic E-state index is 12.9. The molecule has 0 aromatic heterocycles. The van der Waals surface area contributed by atoms with Crippen LogP contribution < -0.4 is 10.1 Å². The predicted octanol–water partition coefficient (Wildman–Crippen LogP) is 2.88. The van der Waals surface area contributed by atoms with Crippen LogP contribution in [0.5, 0.6) is 5.75 Å². The number of carboxylic acid groups (broad SMARTS) is 1. The average Bonchev–Trinajstić information content (AvgIpc) is 3.29. The van der Waals surface area contributed by atoms with E-state index in [2.05, 4.69) is 5.32 Å². The van der Waals surface area contributed by atoms with Crippen molar-refractivity contribution >= 4 is 11.9 Å². The molecule has 130 valence electrons. The lowest BCUT2D eigenvalue weighted by Gasteiger charge is -2.32. The number of aliphatic carboxylic acids is 1. The highest BCUT2D eigenvalue weighted by Gasteiger charge is 2.61. The van der Waals surface area contributed by atoms with Gasteiger partial charge in [0.1, 0.15) is 5.75 Å². The second-order valence-corrected chi connectivity index (χ2v) is 7.05. The Labute approximate surface area is 142 Å². The van der Waals surface area contributed by atoms with E-state index in [1.54, 1.807) is 0 Å². The van der Waals surface area contributed by atoms with Crippen LogP contribution in [0.25, 0.3) is 0 Å². The molecule has 2 aliphatic rings. The molecule has 5 nitrogen and oxygen atoms in total. The van der Waals surface area contributed by atoms with Crippen molar-refractivity contribution in [2.75, 3.05) is 6.61 Å². The number of nitrogens with one attached hydrogen (secondary N) is 1. The molecule has 1 saturated carbocycles. The van der Waals surface area contributed by atoms with E-state index in [-0.39, 0.29) is 23.7 Å². The summed E-state index contributed by atoms with van der Waals surface area (Å²) in [6.45, 7) is 4.49. The first-order valence-corrected chi connectivity index (χ1v) is 8.72. The average molecular weight is 331 g/mol. The van der Waals surface area contributed by atoms with Crippen LogP contribution >= 0.6 is 0 Å². The molecule has 24 heavy (non-hydrogen) atoms. The van der Waals surface area contributed by atoms with E-state index in [0.29, 0.717) is 19.4 Å².